The molecule has 0 aromatic carbocycles. The van der Waals surface area contributed by atoms with Crippen molar-refractivity contribution in [2.45, 2.75) is 167 Å². The molecule has 6 heteroatoms. The maximum absolute atomic E-state index is 11.4. The van der Waals surface area contributed by atoms with Gasteiger partial charge in [0.25, 0.3) is 0 Å². The molecule has 1 saturated heterocycles. The highest BCUT2D eigenvalue weighted by molar-refractivity contribution is 5.68. The molecule has 0 aromatic rings. The van der Waals surface area contributed by atoms with Gasteiger partial charge < -0.3 is 19.6 Å². The van der Waals surface area contributed by atoms with Gasteiger partial charge in [0.1, 0.15) is 0 Å². The number of carbonyl (C=O) groups excluding carboxylic acids is 1. The van der Waals surface area contributed by atoms with Crippen molar-refractivity contribution in [3.8, 4) is 0 Å². The maximum Gasteiger partial charge on any atom is 0.407 e. The van der Waals surface area contributed by atoms with E-state index in [9.17, 15) is 14.7 Å². The van der Waals surface area contributed by atoms with Crippen molar-refractivity contribution < 1.29 is 19.4 Å². The molecule has 41 heavy (non-hydrogen) atoms. The Hall–Kier alpha value is -1.30. The summed E-state index contributed by atoms with van der Waals surface area (Å²) in [5, 5.41) is 9.40. The lowest BCUT2D eigenvalue weighted by Crippen LogP contribution is -2.40. The number of nitrogens with zero attached hydrogens (tertiary/aromatic N) is 2. The first kappa shape index (κ1) is 37.7. The summed E-state index contributed by atoms with van der Waals surface area (Å²) in [5.41, 5.74) is 0. The van der Waals surface area contributed by atoms with E-state index in [-0.39, 0.29) is 5.97 Å². The Kier molecular flexibility index (Phi) is 25.3. The van der Waals surface area contributed by atoms with Crippen molar-refractivity contribution in [1.82, 2.24) is 9.80 Å². The SMILES string of the molecule is CCCCCCCCCCCCCCN(CCCCCCCCCCCC(=O)OC)CCC1CCCN(C(=O)O)C1. The van der Waals surface area contributed by atoms with Crippen LogP contribution in [0.5, 0.6) is 0 Å². The van der Waals surface area contributed by atoms with E-state index >= 15 is 0 Å². The lowest BCUT2D eigenvalue weighted by Gasteiger charge is -2.32. The molecule has 1 N–H and O–H groups in total. The molecular formula is C35H68N2O4. The topological polar surface area (TPSA) is 70.1 Å². The van der Waals surface area contributed by atoms with Crippen LogP contribution >= 0.6 is 0 Å². The summed E-state index contributed by atoms with van der Waals surface area (Å²) in [4.78, 5) is 26.9. The maximum atomic E-state index is 11.4. The molecule has 1 aliphatic heterocycles. The molecule has 1 unspecified atom stereocenters. The van der Waals surface area contributed by atoms with Gasteiger partial charge in [-0.15, -0.1) is 0 Å². The zero-order chi connectivity index (χ0) is 29.8. The first-order valence-electron chi connectivity index (χ1n) is 17.8. The fraction of sp³-hybridized carbons (Fsp3) is 0.943. The third-order valence-corrected chi connectivity index (χ3v) is 9.05. The molecule has 242 valence electrons. The molecule has 0 bridgehead atoms. The molecule has 1 atom stereocenters. The highest BCUT2D eigenvalue weighted by Crippen LogP contribution is 2.21. The zero-order valence-electron chi connectivity index (χ0n) is 27.4. The molecule has 1 aliphatic rings. The van der Waals surface area contributed by atoms with E-state index < -0.39 is 6.09 Å². The zero-order valence-corrected chi connectivity index (χ0v) is 27.4. The molecule has 1 amide bonds. The van der Waals surface area contributed by atoms with Gasteiger partial charge in [-0.25, -0.2) is 4.79 Å². The van der Waals surface area contributed by atoms with Gasteiger partial charge in [0, 0.05) is 19.5 Å². The molecule has 0 spiro atoms. The summed E-state index contributed by atoms with van der Waals surface area (Å²) in [6.07, 6.45) is 31.0. The minimum absolute atomic E-state index is 0.0844. The van der Waals surface area contributed by atoms with Crippen LogP contribution in [0.25, 0.3) is 0 Å². The van der Waals surface area contributed by atoms with Gasteiger partial charge in [0.05, 0.1) is 7.11 Å². The Bertz CT molecular complexity index is 615. The van der Waals surface area contributed by atoms with Crippen LogP contribution in [0.15, 0.2) is 0 Å². The quantitative estimate of drug-likeness (QED) is 0.0736. The van der Waals surface area contributed by atoms with Crippen LogP contribution in [0, 0.1) is 5.92 Å². The second kappa shape index (κ2) is 27.5. The molecule has 1 fully saturated rings. The van der Waals surface area contributed by atoms with Crippen molar-refractivity contribution in [2.75, 3.05) is 39.8 Å². The van der Waals surface area contributed by atoms with Gasteiger partial charge in [-0.1, -0.05) is 122 Å². The van der Waals surface area contributed by atoms with E-state index in [1.807, 2.05) is 0 Å². The van der Waals surface area contributed by atoms with Crippen LogP contribution in [0.1, 0.15) is 167 Å². The van der Waals surface area contributed by atoms with Crippen LogP contribution < -0.4 is 0 Å². The Balaban J connectivity index is 2.18. The summed E-state index contributed by atoms with van der Waals surface area (Å²) in [6, 6.07) is 0. The van der Waals surface area contributed by atoms with E-state index in [4.69, 9.17) is 4.74 Å². The normalized spacial score (nSPS) is 15.5. The molecule has 0 aromatic heterocycles. The molecule has 1 heterocycles. The van der Waals surface area contributed by atoms with Gasteiger partial charge in [-0.2, -0.15) is 0 Å². The predicted octanol–water partition coefficient (Wildman–Crippen LogP) is 9.84. The van der Waals surface area contributed by atoms with Crippen molar-refractivity contribution in [3.05, 3.63) is 0 Å². The highest BCUT2D eigenvalue weighted by Gasteiger charge is 2.23. The smallest absolute Gasteiger partial charge is 0.407 e. The largest absolute Gasteiger partial charge is 0.469 e. The third kappa shape index (κ3) is 22.9. The van der Waals surface area contributed by atoms with Crippen molar-refractivity contribution in [3.63, 3.8) is 0 Å². The minimum Gasteiger partial charge on any atom is -0.469 e. The lowest BCUT2D eigenvalue weighted by molar-refractivity contribution is -0.140. The second-order valence-corrected chi connectivity index (χ2v) is 12.8. The van der Waals surface area contributed by atoms with Crippen LogP contribution in [0.4, 0.5) is 4.79 Å². The van der Waals surface area contributed by atoms with Crippen LogP contribution in [-0.4, -0.2) is 66.8 Å². The van der Waals surface area contributed by atoms with Gasteiger partial charge in [0.2, 0.25) is 0 Å². The number of carbonyl (C=O) groups is 2. The number of amides is 1. The number of unbranched alkanes of at least 4 members (excludes halogenated alkanes) is 19. The summed E-state index contributed by atoms with van der Waals surface area (Å²) in [5.74, 6) is 0.441. The number of piperidine rings is 1. The number of methoxy groups -OCH3 is 1. The van der Waals surface area contributed by atoms with E-state index in [0.717, 1.165) is 38.8 Å². The van der Waals surface area contributed by atoms with E-state index in [1.165, 1.54) is 149 Å². The predicted molar refractivity (Wildman–Crippen MR) is 173 cm³/mol. The van der Waals surface area contributed by atoms with Crippen molar-refractivity contribution in [1.29, 1.82) is 0 Å². The van der Waals surface area contributed by atoms with Gasteiger partial charge in [-0.05, 0) is 64.1 Å². The Labute approximate surface area is 254 Å². The third-order valence-electron chi connectivity index (χ3n) is 9.05. The molecule has 6 nitrogen and oxygen atoms in total. The fourth-order valence-corrected chi connectivity index (χ4v) is 6.30. The number of ether oxygens (including phenoxy) is 1. The number of esters is 1. The average Bonchev–Trinajstić information content (AvgIpc) is 2.98. The summed E-state index contributed by atoms with van der Waals surface area (Å²) in [7, 11) is 1.46. The highest BCUT2D eigenvalue weighted by atomic mass is 16.5. The summed E-state index contributed by atoms with van der Waals surface area (Å²) < 4.78 is 4.70. The minimum atomic E-state index is -0.746. The van der Waals surface area contributed by atoms with Gasteiger partial charge >= 0.3 is 12.1 Å². The number of likely N-dealkylation sites (tertiary alicyclic amines) is 1. The summed E-state index contributed by atoms with van der Waals surface area (Å²) >= 11 is 0. The molecule has 1 rings (SSSR count). The fourth-order valence-electron chi connectivity index (χ4n) is 6.30. The lowest BCUT2D eigenvalue weighted by atomic mass is 9.94. The Morgan fingerprint density at radius 2 is 1.17 bits per heavy atom. The van der Waals surface area contributed by atoms with E-state index in [1.54, 1.807) is 4.90 Å². The molecule has 0 radical (unpaired) electrons. The molecule has 0 aliphatic carbocycles. The van der Waals surface area contributed by atoms with Gasteiger partial charge in [0.15, 0.2) is 0 Å². The van der Waals surface area contributed by atoms with E-state index in [2.05, 4.69) is 11.8 Å². The Morgan fingerprint density at radius 3 is 1.63 bits per heavy atom. The monoisotopic (exact) mass is 581 g/mol. The van der Waals surface area contributed by atoms with Crippen molar-refractivity contribution >= 4 is 12.1 Å². The molecular weight excluding hydrogens is 512 g/mol. The Morgan fingerprint density at radius 1 is 0.707 bits per heavy atom. The van der Waals surface area contributed by atoms with Crippen LogP contribution in [-0.2, 0) is 9.53 Å². The van der Waals surface area contributed by atoms with Crippen LogP contribution in [0.3, 0.4) is 0 Å². The summed E-state index contributed by atoms with van der Waals surface area (Å²) in [6.45, 7) is 7.25. The number of hydrogen-bond acceptors (Lipinski definition) is 4. The standard InChI is InChI=1S/C35H68N2O4/c1-3-4-5-6-7-8-9-10-13-16-19-22-28-36(31-27-33-25-24-30-37(32-33)35(39)40)29-23-20-17-14-11-12-15-18-21-26-34(38)41-2/h33H,3-32H2,1-2H3,(H,39,40). The first-order valence-corrected chi connectivity index (χ1v) is 17.8. The number of rotatable bonds is 28. The first-order chi connectivity index (χ1) is 20.1. The number of hydrogen-bond donors (Lipinski definition) is 1. The second-order valence-electron chi connectivity index (χ2n) is 12.8. The van der Waals surface area contributed by atoms with Crippen molar-refractivity contribution in [2.24, 2.45) is 5.92 Å². The van der Waals surface area contributed by atoms with E-state index in [0.29, 0.717) is 18.9 Å². The molecule has 0 saturated carbocycles. The van der Waals surface area contributed by atoms with Gasteiger partial charge in [-0.3, -0.25) is 4.79 Å². The van der Waals surface area contributed by atoms with Crippen LogP contribution in [0.2, 0.25) is 0 Å². The average molecular weight is 581 g/mol. The number of carboxylic acid groups (broad SMARTS) is 1.